The van der Waals surface area contributed by atoms with E-state index in [9.17, 15) is 14.0 Å². The number of thiophene rings is 1. The van der Waals surface area contributed by atoms with Crippen molar-refractivity contribution in [3.8, 4) is 39.1 Å². The Kier molecular flexibility index (Phi) is 7.19. The van der Waals surface area contributed by atoms with Gasteiger partial charge in [0.2, 0.25) is 6.79 Å². The molecule has 2 aliphatic rings. The van der Waals surface area contributed by atoms with Crippen LogP contribution in [0.15, 0.2) is 42.5 Å². The summed E-state index contributed by atoms with van der Waals surface area (Å²) in [6, 6.07) is 13.3. The fourth-order valence-corrected chi connectivity index (χ4v) is 5.79. The monoisotopic (exact) mass is 549 g/mol. The van der Waals surface area contributed by atoms with E-state index in [4.69, 9.17) is 19.5 Å². The Bertz CT molecular complexity index is 1440. The van der Waals surface area contributed by atoms with Crippen LogP contribution in [0.1, 0.15) is 48.8 Å². The summed E-state index contributed by atoms with van der Waals surface area (Å²) in [5.41, 5.74) is 1.36. The summed E-state index contributed by atoms with van der Waals surface area (Å²) < 4.78 is 30.9. The summed E-state index contributed by atoms with van der Waals surface area (Å²) in [6.07, 6.45) is 0.972. The second-order valence-corrected chi connectivity index (χ2v) is 11.5. The predicted molar refractivity (Wildman–Crippen MR) is 144 cm³/mol. The third-order valence-corrected chi connectivity index (χ3v) is 7.58. The molecule has 1 aromatic heterocycles. The number of carbonyl (C=O) groups is 2. The molecule has 0 unspecified atom stereocenters. The van der Waals surface area contributed by atoms with Crippen LogP contribution in [0.5, 0.6) is 11.5 Å². The lowest BCUT2D eigenvalue weighted by Crippen LogP contribution is -2.50. The molecular weight excluding hydrogens is 521 g/mol. The van der Waals surface area contributed by atoms with E-state index in [1.807, 2.05) is 18.2 Å². The molecule has 0 saturated carbocycles. The highest BCUT2D eigenvalue weighted by Gasteiger charge is 2.29. The third-order valence-electron chi connectivity index (χ3n) is 6.41. The lowest BCUT2D eigenvalue weighted by Gasteiger charge is -2.33. The van der Waals surface area contributed by atoms with Crippen molar-refractivity contribution >= 4 is 23.3 Å². The zero-order chi connectivity index (χ0) is 27.7. The van der Waals surface area contributed by atoms with Gasteiger partial charge >= 0.3 is 6.09 Å². The number of likely N-dealkylation sites (tertiary alicyclic amines) is 1. The number of halogens is 1. The molecule has 2 amide bonds. The van der Waals surface area contributed by atoms with Crippen LogP contribution < -0.4 is 14.8 Å². The molecule has 1 atom stereocenters. The van der Waals surface area contributed by atoms with Crippen molar-refractivity contribution < 1.29 is 28.2 Å². The van der Waals surface area contributed by atoms with E-state index in [0.29, 0.717) is 40.6 Å². The molecule has 0 bridgehead atoms. The maximum atomic E-state index is 14.6. The molecule has 3 heterocycles. The number of amides is 2. The summed E-state index contributed by atoms with van der Waals surface area (Å²) in [6.45, 7) is 6.45. The Morgan fingerprint density at radius 2 is 1.90 bits per heavy atom. The smallest absolute Gasteiger partial charge is 0.407 e. The van der Waals surface area contributed by atoms with E-state index in [2.05, 4.69) is 5.32 Å². The van der Waals surface area contributed by atoms with Crippen molar-refractivity contribution in [3.05, 3.63) is 58.7 Å². The molecule has 1 saturated heterocycles. The number of ether oxygens (including phenoxy) is 3. The molecule has 2 aliphatic heterocycles. The first-order valence-corrected chi connectivity index (χ1v) is 13.5. The first-order chi connectivity index (χ1) is 18.6. The molecule has 10 heteroatoms. The van der Waals surface area contributed by atoms with E-state index >= 15 is 0 Å². The van der Waals surface area contributed by atoms with Crippen LogP contribution in [0.3, 0.4) is 0 Å². The summed E-state index contributed by atoms with van der Waals surface area (Å²) in [4.78, 5) is 28.9. The maximum Gasteiger partial charge on any atom is 0.407 e. The number of nitrogens with zero attached hydrogens (tertiary/aromatic N) is 2. The molecule has 5 rings (SSSR count). The van der Waals surface area contributed by atoms with E-state index in [1.165, 1.54) is 23.5 Å². The fraction of sp³-hybridized carbons (Fsp3) is 0.345. The van der Waals surface area contributed by atoms with Gasteiger partial charge in [-0.1, -0.05) is 6.07 Å². The number of carbonyl (C=O) groups excluding carboxylic acids is 2. The van der Waals surface area contributed by atoms with Crippen LogP contribution in [0.25, 0.3) is 21.6 Å². The highest BCUT2D eigenvalue weighted by molar-refractivity contribution is 7.18. The van der Waals surface area contributed by atoms with Gasteiger partial charge in [0.05, 0.1) is 10.4 Å². The number of hydrogen-bond donors (Lipinski definition) is 1. The van der Waals surface area contributed by atoms with Gasteiger partial charge in [-0.15, -0.1) is 11.3 Å². The summed E-state index contributed by atoms with van der Waals surface area (Å²) in [5, 5.41) is 12.0. The SMILES string of the molecule is CC(C)(C)OC(=O)N[C@@H]1CCCN(C(=O)c2cc(-c3ccc(C#N)c(F)c3)c(-c3ccc4c(c3)OCO4)s2)C1. The van der Waals surface area contributed by atoms with Crippen LogP contribution in [-0.4, -0.2) is 48.4 Å². The van der Waals surface area contributed by atoms with Crippen molar-refractivity contribution in [1.82, 2.24) is 10.2 Å². The first-order valence-electron chi connectivity index (χ1n) is 12.6. The Hall–Kier alpha value is -4.10. The van der Waals surface area contributed by atoms with Gasteiger partial charge in [-0.2, -0.15) is 5.26 Å². The van der Waals surface area contributed by atoms with Gasteiger partial charge in [0.15, 0.2) is 11.5 Å². The largest absolute Gasteiger partial charge is 0.454 e. The molecule has 2 aromatic carbocycles. The van der Waals surface area contributed by atoms with Crippen LogP contribution in [-0.2, 0) is 4.74 Å². The lowest BCUT2D eigenvalue weighted by molar-refractivity contribution is 0.0453. The standard InChI is InChI=1S/C29H28FN3O5S/c1-29(2,3)38-28(35)32-20-5-4-10-33(15-20)27(34)25-13-21(17-6-7-19(14-31)22(30)11-17)26(39-25)18-8-9-23-24(12-18)37-16-36-23/h6-9,11-13,20H,4-5,10,15-16H2,1-3H3,(H,32,35)/t20-/m1/s1. The lowest BCUT2D eigenvalue weighted by atomic mass is 10.00. The Balaban J connectivity index is 1.45. The normalized spacial score (nSPS) is 16.5. The Morgan fingerprint density at radius 1 is 1.13 bits per heavy atom. The number of nitriles is 1. The van der Waals surface area contributed by atoms with Crippen LogP contribution in [0.2, 0.25) is 0 Å². The zero-order valence-corrected chi connectivity index (χ0v) is 22.7. The predicted octanol–water partition coefficient (Wildman–Crippen LogP) is 5.95. The zero-order valence-electron chi connectivity index (χ0n) is 21.9. The molecule has 8 nitrogen and oxygen atoms in total. The molecule has 3 aromatic rings. The van der Waals surface area contributed by atoms with Crippen LogP contribution in [0.4, 0.5) is 9.18 Å². The maximum absolute atomic E-state index is 14.6. The second-order valence-electron chi connectivity index (χ2n) is 10.5. The number of nitrogens with one attached hydrogen (secondary N) is 1. The molecule has 1 N–H and O–H groups in total. The number of benzene rings is 2. The van der Waals surface area contributed by atoms with Crippen molar-refractivity contribution in [3.63, 3.8) is 0 Å². The number of fused-ring (bicyclic) bond motifs is 1. The van der Waals surface area contributed by atoms with Crippen molar-refractivity contribution in [2.75, 3.05) is 19.9 Å². The Morgan fingerprint density at radius 3 is 2.64 bits per heavy atom. The van der Waals surface area contributed by atoms with Crippen molar-refractivity contribution in [1.29, 1.82) is 5.26 Å². The van der Waals surface area contributed by atoms with Gasteiger partial charge in [-0.25, -0.2) is 9.18 Å². The van der Waals surface area contributed by atoms with Gasteiger partial charge in [0.1, 0.15) is 17.5 Å². The minimum absolute atomic E-state index is 0.0493. The van der Waals surface area contributed by atoms with Gasteiger partial charge in [0, 0.05) is 29.6 Å². The van der Waals surface area contributed by atoms with E-state index in [-0.39, 0.29) is 24.3 Å². The van der Waals surface area contributed by atoms with Gasteiger partial charge < -0.3 is 24.4 Å². The molecule has 0 radical (unpaired) electrons. The highest BCUT2D eigenvalue weighted by atomic mass is 32.1. The Labute approximate surface area is 229 Å². The number of rotatable bonds is 4. The third kappa shape index (κ3) is 5.83. The summed E-state index contributed by atoms with van der Waals surface area (Å²) in [5.74, 6) is 0.433. The van der Waals surface area contributed by atoms with E-state index in [1.54, 1.807) is 43.9 Å². The van der Waals surface area contributed by atoms with Gasteiger partial charge in [-0.3, -0.25) is 4.79 Å². The average Bonchev–Trinajstić information content (AvgIpc) is 3.54. The van der Waals surface area contributed by atoms with Crippen molar-refractivity contribution in [2.24, 2.45) is 0 Å². The first kappa shape index (κ1) is 26.5. The second kappa shape index (κ2) is 10.6. The average molecular weight is 550 g/mol. The molecule has 0 aliphatic carbocycles. The topological polar surface area (TPSA) is 101 Å². The summed E-state index contributed by atoms with van der Waals surface area (Å²) >= 11 is 1.31. The van der Waals surface area contributed by atoms with Crippen molar-refractivity contribution in [2.45, 2.75) is 45.3 Å². The molecule has 0 spiro atoms. The van der Waals surface area contributed by atoms with E-state index < -0.39 is 17.5 Å². The van der Waals surface area contributed by atoms with Crippen LogP contribution in [0, 0.1) is 17.1 Å². The van der Waals surface area contributed by atoms with Gasteiger partial charge in [-0.05, 0) is 81.1 Å². The fourth-order valence-electron chi connectivity index (χ4n) is 4.65. The van der Waals surface area contributed by atoms with Crippen LogP contribution >= 0.6 is 11.3 Å². The van der Waals surface area contributed by atoms with E-state index in [0.717, 1.165) is 23.3 Å². The molecule has 202 valence electrons. The number of hydrogen-bond acceptors (Lipinski definition) is 7. The minimum atomic E-state index is -0.627. The highest BCUT2D eigenvalue weighted by Crippen LogP contribution is 2.44. The van der Waals surface area contributed by atoms with Gasteiger partial charge in [0.25, 0.3) is 5.91 Å². The molecule has 39 heavy (non-hydrogen) atoms. The molecule has 1 fully saturated rings. The molecular formula is C29H28FN3O5S. The quantitative estimate of drug-likeness (QED) is 0.432. The summed E-state index contributed by atoms with van der Waals surface area (Å²) in [7, 11) is 0. The number of alkyl carbamates (subject to hydrolysis) is 1. The number of piperidine rings is 1. The minimum Gasteiger partial charge on any atom is -0.454 e.